The molecule has 0 spiro atoms. The Morgan fingerprint density at radius 2 is 2.47 bits per heavy atom. The number of carbonyl (C=O) groups is 2. The molecule has 1 aromatic heterocycles. The van der Waals surface area contributed by atoms with Crippen LogP contribution in [-0.4, -0.2) is 35.9 Å². The van der Waals surface area contributed by atoms with E-state index in [0.717, 1.165) is 6.42 Å². The van der Waals surface area contributed by atoms with Gasteiger partial charge in [0.15, 0.2) is 12.1 Å². The highest BCUT2D eigenvalue weighted by molar-refractivity contribution is 5.91. The molecule has 1 aromatic rings. The molecule has 1 heterocycles. The maximum absolute atomic E-state index is 11.8. The van der Waals surface area contributed by atoms with Crippen molar-refractivity contribution in [1.82, 2.24) is 9.97 Å². The lowest BCUT2D eigenvalue weighted by atomic mass is 10.0. The van der Waals surface area contributed by atoms with Gasteiger partial charge in [0.05, 0.1) is 6.20 Å². The number of ether oxygens (including phenoxy) is 1. The van der Waals surface area contributed by atoms with E-state index in [1.807, 2.05) is 6.92 Å². The minimum absolute atomic E-state index is 0.0920. The van der Waals surface area contributed by atoms with Crippen LogP contribution in [0.3, 0.4) is 0 Å². The van der Waals surface area contributed by atoms with Crippen molar-refractivity contribution in [3.8, 4) is 0 Å². The minimum Gasteiger partial charge on any atom is -0.385 e. The monoisotopic (exact) mass is 239 g/mol. The second kappa shape index (κ2) is 6.80. The lowest BCUT2D eigenvalue weighted by Gasteiger charge is -2.13. The Morgan fingerprint density at radius 3 is 3.00 bits per heavy atom. The molecule has 1 rings (SSSR count). The molecule has 0 radical (unpaired) electrons. The van der Waals surface area contributed by atoms with Crippen LogP contribution in [-0.2, 0) is 9.53 Å². The summed E-state index contributed by atoms with van der Waals surface area (Å²) in [4.78, 5) is 28.7. The van der Waals surface area contributed by atoms with Crippen LogP contribution in [0.2, 0.25) is 0 Å². The SMILES string of the molecule is CCC(CCOC)C(=O)Nc1cnc(C=O)[nH]1. The summed E-state index contributed by atoms with van der Waals surface area (Å²) in [6.07, 6.45) is 3.43. The number of carbonyl (C=O) groups excluding carboxylic acids is 2. The number of hydrogen-bond acceptors (Lipinski definition) is 4. The number of nitrogens with one attached hydrogen (secondary N) is 2. The van der Waals surface area contributed by atoms with E-state index in [4.69, 9.17) is 4.74 Å². The van der Waals surface area contributed by atoms with Crippen LogP contribution in [0.25, 0.3) is 0 Å². The largest absolute Gasteiger partial charge is 0.385 e. The Balaban J connectivity index is 2.53. The van der Waals surface area contributed by atoms with Gasteiger partial charge in [-0.25, -0.2) is 4.98 Å². The maximum atomic E-state index is 11.8. The average Bonchev–Trinajstić information content (AvgIpc) is 2.77. The van der Waals surface area contributed by atoms with Crippen molar-refractivity contribution in [2.24, 2.45) is 5.92 Å². The first-order valence-corrected chi connectivity index (χ1v) is 5.51. The fourth-order valence-electron chi connectivity index (χ4n) is 1.48. The number of nitrogens with zero attached hydrogens (tertiary/aromatic N) is 1. The molecule has 1 unspecified atom stereocenters. The summed E-state index contributed by atoms with van der Waals surface area (Å²) in [5.41, 5.74) is 0. The van der Waals surface area contributed by atoms with Gasteiger partial charge in [-0.2, -0.15) is 0 Å². The summed E-state index contributed by atoms with van der Waals surface area (Å²) in [6, 6.07) is 0. The minimum atomic E-state index is -0.0991. The van der Waals surface area contributed by atoms with E-state index >= 15 is 0 Å². The summed E-state index contributed by atoms with van der Waals surface area (Å²) < 4.78 is 4.95. The number of aldehydes is 1. The summed E-state index contributed by atoms with van der Waals surface area (Å²) in [6.45, 7) is 2.50. The number of H-pyrrole nitrogens is 1. The van der Waals surface area contributed by atoms with Crippen LogP contribution in [0.15, 0.2) is 6.20 Å². The Morgan fingerprint density at radius 1 is 1.71 bits per heavy atom. The van der Waals surface area contributed by atoms with Crippen molar-refractivity contribution in [3.05, 3.63) is 12.0 Å². The van der Waals surface area contributed by atoms with Crippen molar-refractivity contribution in [2.45, 2.75) is 19.8 Å². The number of aromatic amines is 1. The van der Waals surface area contributed by atoms with Gasteiger partial charge in [-0.05, 0) is 12.8 Å². The predicted molar refractivity (Wildman–Crippen MR) is 62.9 cm³/mol. The molecule has 0 aliphatic rings. The summed E-state index contributed by atoms with van der Waals surface area (Å²) in [5, 5.41) is 2.69. The van der Waals surface area contributed by atoms with Gasteiger partial charge < -0.3 is 15.0 Å². The molecule has 1 amide bonds. The molecule has 1 atom stereocenters. The number of amides is 1. The molecular weight excluding hydrogens is 222 g/mol. The van der Waals surface area contributed by atoms with E-state index in [0.29, 0.717) is 25.1 Å². The van der Waals surface area contributed by atoms with E-state index in [1.54, 1.807) is 7.11 Å². The molecule has 0 bridgehead atoms. The number of aromatic nitrogens is 2. The number of anilines is 1. The van der Waals surface area contributed by atoms with Gasteiger partial charge in [0.1, 0.15) is 5.82 Å². The second-order valence-corrected chi connectivity index (χ2v) is 3.68. The molecule has 2 N–H and O–H groups in total. The highest BCUT2D eigenvalue weighted by Gasteiger charge is 2.16. The zero-order valence-electron chi connectivity index (χ0n) is 10.0. The Bertz CT molecular complexity index is 376. The van der Waals surface area contributed by atoms with Crippen molar-refractivity contribution < 1.29 is 14.3 Å². The van der Waals surface area contributed by atoms with Gasteiger partial charge >= 0.3 is 0 Å². The smallest absolute Gasteiger partial charge is 0.228 e. The fourth-order valence-corrected chi connectivity index (χ4v) is 1.48. The van der Waals surface area contributed by atoms with Crippen molar-refractivity contribution in [3.63, 3.8) is 0 Å². The molecular formula is C11H17N3O3. The topological polar surface area (TPSA) is 84.1 Å². The van der Waals surface area contributed by atoms with Gasteiger partial charge in [0.25, 0.3) is 0 Å². The Hall–Kier alpha value is -1.69. The summed E-state index contributed by atoms with van der Waals surface area (Å²) >= 11 is 0. The third kappa shape index (κ3) is 3.99. The normalized spacial score (nSPS) is 12.1. The predicted octanol–water partition coefficient (Wildman–Crippen LogP) is 1.22. The molecule has 0 saturated heterocycles. The second-order valence-electron chi connectivity index (χ2n) is 3.68. The fraction of sp³-hybridized carbons (Fsp3) is 0.545. The molecule has 0 aliphatic carbocycles. The highest BCUT2D eigenvalue weighted by atomic mass is 16.5. The maximum Gasteiger partial charge on any atom is 0.228 e. The van der Waals surface area contributed by atoms with Crippen molar-refractivity contribution in [1.29, 1.82) is 0 Å². The van der Waals surface area contributed by atoms with Gasteiger partial charge in [-0.1, -0.05) is 6.92 Å². The summed E-state index contributed by atoms with van der Waals surface area (Å²) in [7, 11) is 1.61. The van der Waals surface area contributed by atoms with Crippen LogP contribution in [0.4, 0.5) is 5.82 Å². The molecule has 0 aliphatic heterocycles. The first-order chi connectivity index (χ1) is 8.21. The zero-order valence-corrected chi connectivity index (χ0v) is 10.0. The number of hydrogen-bond donors (Lipinski definition) is 2. The van der Waals surface area contributed by atoms with Crippen LogP contribution in [0.1, 0.15) is 30.4 Å². The Labute approximate surface area is 99.8 Å². The molecule has 0 aromatic carbocycles. The summed E-state index contributed by atoms with van der Waals surface area (Å²) in [5.74, 6) is 0.446. The number of rotatable bonds is 7. The Kier molecular flexibility index (Phi) is 5.35. The van der Waals surface area contributed by atoms with Gasteiger partial charge in [-0.15, -0.1) is 0 Å². The third-order valence-electron chi connectivity index (χ3n) is 2.50. The number of methoxy groups -OCH3 is 1. The van der Waals surface area contributed by atoms with Crippen LogP contribution in [0.5, 0.6) is 0 Å². The van der Waals surface area contributed by atoms with Crippen LogP contribution >= 0.6 is 0 Å². The highest BCUT2D eigenvalue weighted by Crippen LogP contribution is 2.12. The van der Waals surface area contributed by atoms with E-state index in [1.165, 1.54) is 6.20 Å². The van der Waals surface area contributed by atoms with Crippen LogP contribution in [0, 0.1) is 5.92 Å². The lowest BCUT2D eigenvalue weighted by Crippen LogP contribution is -2.23. The average molecular weight is 239 g/mol. The van der Waals surface area contributed by atoms with Gasteiger partial charge in [0.2, 0.25) is 5.91 Å². The molecule has 94 valence electrons. The zero-order chi connectivity index (χ0) is 12.7. The lowest BCUT2D eigenvalue weighted by molar-refractivity contribution is -0.120. The van der Waals surface area contributed by atoms with E-state index in [9.17, 15) is 9.59 Å². The van der Waals surface area contributed by atoms with Crippen LogP contribution < -0.4 is 5.32 Å². The van der Waals surface area contributed by atoms with E-state index in [2.05, 4.69) is 15.3 Å². The van der Waals surface area contributed by atoms with E-state index in [-0.39, 0.29) is 17.6 Å². The first kappa shape index (κ1) is 13.4. The third-order valence-corrected chi connectivity index (χ3v) is 2.50. The molecule has 17 heavy (non-hydrogen) atoms. The number of imidazole rings is 1. The van der Waals surface area contributed by atoms with Gasteiger partial charge in [-0.3, -0.25) is 9.59 Å². The molecule has 0 fully saturated rings. The molecule has 0 saturated carbocycles. The first-order valence-electron chi connectivity index (χ1n) is 5.51. The quantitative estimate of drug-likeness (QED) is 0.701. The van der Waals surface area contributed by atoms with E-state index < -0.39 is 0 Å². The molecule has 6 nitrogen and oxygen atoms in total. The van der Waals surface area contributed by atoms with Crippen molar-refractivity contribution in [2.75, 3.05) is 19.0 Å². The molecule has 6 heteroatoms. The van der Waals surface area contributed by atoms with Gasteiger partial charge in [0, 0.05) is 19.6 Å². The standard InChI is InChI=1S/C11H17N3O3/c1-3-8(4-5-17-2)11(16)14-9-6-12-10(7-15)13-9/h6-8H,3-5H2,1-2H3,(H,12,13)(H,14,16). The van der Waals surface area contributed by atoms with Crippen molar-refractivity contribution >= 4 is 18.0 Å².